The van der Waals surface area contributed by atoms with Crippen LogP contribution in [0.5, 0.6) is 0 Å². The zero-order chi connectivity index (χ0) is 9.84. The summed E-state index contributed by atoms with van der Waals surface area (Å²) in [6, 6.07) is 8.62. The van der Waals surface area contributed by atoms with Crippen LogP contribution in [0.25, 0.3) is 5.57 Å². The molecular formula is C12H15Br. The molecule has 0 aliphatic carbocycles. The van der Waals surface area contributed by atoms with Crippen LogP contribution in [0.15, 0.2) is 30.8 Å². The van der Waals surface area contributed by atoms with Crippen molar-refractivity contribution in [1.29, 1.82) is 0 Å². The molecule has 0 heterocycles. The second-order valence-electron chi connectivity index (χ2n) is 3.51. The summed E-state index contributed by atoms with van der Waals surface area (Å²) in [4.78, 5) is 0. The van der Waals surface area contributed by atoms with Crippen LogP contribution in [0.2, 0.25) is 0 Å². The molecular weight excluding hydrogens is 224 g/mol. The van der Waals surface area contributed by atoms with E-state index in [0.29, 0.717) is 5.92 Å². The number of alkyl halides is 1. The number of rotatable bonds is 3. The summed E-state index contributed by atoms with van der Waals surface area (Å²) in [5.74, 6) is 0.603. The van der Waals surface area contributed by atoms with Crippen molar-refractivity contribution in [3.63, 3.8) is 0 Å². The molecule has 0 saturated carbocycles. The van der Waals surface area contributed by atoms with Crippen LogP contribution < -0.4 is 0 Å². The molecule has 0 nitrogen and oxygen atoms in total. The van der Waals surface area contributed by atoms with E-state index < -0.39 is 0 Å². The number of hydrogen-bond acceptors (Lipinski definition) is 0. The van der Waals surface area contributed by atoms with Gasteiger partial charge in [-0.25, -0.2) is 0 Å². The Morgan fingerprint density at radius 3 is 2.23 bits per heavy atom. The van der Waals surface area contributed by atoms with E-state index in [1.54, 1.807) is 0 Å². The molecule has 70 valence electrons. The lowest BCUT2D eigenvalue weighted by Crippen LogP contribution is -1.88. The fourth-order valence-electron chi connectivity index (χ4n) is 1.18. The zero-order valence-electron chi connectivity index (χ0n) is 8.18. The molecule has 0 aromatic heterocycles. The summed E-state index contributed by atoms with van der Waals surface area (Å²) in [5.41, 5.74) is 3.74. The number of halogens is 1. The summed E-state index contributed by atoms with van der Waals surface area (Å²) >= 11 is 3.40. The van der Waals surface area contributed by atoms with Crippen molar-refractivity contribution < 1.29 is 0 Å². The highest BCUT2D eigenvalue weighted by atomic mass is 79.9. The van der Waals surface area contributed by atoms with Crippen LogP contribution >= 0.6 is 15.9 Å². The van der Waals surface area contributed by atoms with Gasteiger partial charge in [0.15, 0.2) is 0 Å². The Kier molecular flexibility index (Phi) is 3.73. The molecule has 0 aliphatic heterocycles. The van der Waals surface area contributed by atoms with E-state index in [1.807, 2.05) is 0 Å². The quantitative estimate of drug-likeness (QED) is 0.693. The molecule has 1 aromatic carbocycles. The average molecular weight is 239 g/mol. The smallest absolute Gasteiger partial charge is 0.0283 e. The lowest BCUT2D eigenvalue weighted by Gasteiger charge is -2.07. The highest BCUT2D eigenvalue weighted by Crippen LogP contribution is 2.19. The van der Waals surface area contributed by atoms with Gasteiger partial charge in [-0.2, -0.15) is 0 Å². The van der Waals surface area contributed by atoms with Crippen LogP contribution in [-0.2, 0) is 0 Å². The minimum atomic E-state index is 0.603. The number of benzene rings is 1. The lowest BCUT2D eigenvalue weighted by molar-refractivity contribution is 0.866. The predicted molar refractivity (Wildman–Crippen MR) is 63.4 cm³/mol. The third-order valence-electron chi connectivity index (χ3n) is 2.15. The molecule has 0 amide bonds. The minimum Gasteiger partial charge on any atom is -0.0944 e. The summed E-state index contributed by atoms with van der Waals surface area (Å²) < 4.78 is 0. The molecule has 0 spiro atoms. The Morgan fingerprint density at radius 2 is 1.85 bits per heavy atom. The third kappa shape index (κ3) is 2.70. The van der Waals surface area contributed by atoms with Gasteiger partial charge < -0.3 is 0 Å². The largest absolute Gasteiger partial charge is 0.0944 e. The van der Waals surface area contributed by atoms with Crippen molar-refractivity contribution in [3.05, 3.63) is 42.0 Å². The second kappa shape index (κ2) is 4.61. The van der Waals surface area contributed by atoms with E-state index in [4.69, 9.17) is 0 Å². The summed E-state index contributed by atoms with van der Waals surface area (Å²) in [7, 11) is 0. The van der Waals surface area contributed by atoms with Crippen molar-refractivity contribution in [3.8, 4) is 0 Å². The Hall–Kier alpha value is -0.560. The molecule has 0 atom stereocenters. The van der Waals surface area contributed by atoms with Crippen molar-refractivity contribution in [2.45, 2.75) is 19.8 Å². The van der Waals surface area contributed by atoms with Gasteiger partial charge in [0.05, 0.1) is 0 Å². The molecule has 1 aromatic rings. The molecule has 0 bridgehead atoms. The molecule has 0 fully saturated rings. The van der Waals surface area contributed by atoms with E-state index in [9.17, 15) is 0 Å². The van der Waals surface area contributed by atoms with Crippen LogP contribution in [0.1, 0.15) is 30.9 Å². The van der Waals surface area contributed by atoms with E-state index in [0.717, 1.165) is 10.9 Å². The molecule has 1 rings (SSSR count). The molecule has 1 heteroatoms. The van der Waals surface area contributed by atoms with Gasteiger partial charge in [0.25, 0.3) is 0 Å². The van der Waals surface area contributed by atoms with E-state index in [-0.39, 0.29) is 0 Å². The zero-order valence-corrected chi connectivity index (χ0v) is 9.76. The van der Waals surface area contributed by atoms with Gasteiger partial charge in [0.2, 0.25) is 0 Å². The van der Waals surface area contributed by atoms with Crippen LogP contribution in [0.4, 0.5) is 0 Å². The van der Waals surface area contributed by atoms with Crippen molar-refractivity contribution in [1.82, 2.24) is 0 Å². The SMILES string of the molecule is C=C(CBr)c1ccc(C(C)C)cc1. The van der Waals surface area contributed by atoms with Gasteiger partial charge in [-0.1, -0.05) is 60.6 Å². The summed E-state index contributed by atoms with van der Waals surface area (Å²) in [5, 5.41) is 0.841. The Labute approximate surface area is 88.8 Å². The fourth-order valence-corrected chi connectivity index (χ4v) is 1.50. The van der Waals surface area contributed by atoms with Gasteiger partial charge in [0.1, 0.15) is 0 Å². The topological polar surface area (TPSA) is 0 Å². The standard InChI is InChI=1S/C12H15Br/c1-9(2)11-4-6-12(7-5-11)10(3)8-13/h4-7,9H,3,8H2,1-2H3. The van der Waals surface area contributed by atoms with Crippen molar-refractivity contribution in [2.24, 2.45) is 0 Å². The van der Waals surface area contributed by atoms with Crippen molar-refractivity contribution in [2.75, 3.05) is 5.33 Å². The number of hydrogen-bond donors (Lipinski definition) is 0. The molecule has 0 unspecified atom stereocenters. The maximum atomic E-state index is 3.97. The Bertz CT molecular complexity index is 282. The molecule has 0 aliphatic rings. The fraction of sp³-hybridized carbons (Fsp3) is 0.333. The normalized spacial score (nSPS) is 10.5. The van der Waals surface area contributed by atoms with Gasteiger partial charge in [-0.05, 0) is 22.6 Å². The van der Waals surface area contributed by atoms with E-state index >= 15 is 0 Å². The second-order valence-corrected chi connectivity index (χ2v) is 4.07. The third-order valence-corrected chi connectivity index (χ3v) is 2.82. The van der Waals surface area contributed by atoms with E-state index in [2.05, 4.69) is 60.6 Å². The van der Waals surface area contributed by atoms with Gasteiger partial charge in [0, 0.05) is 5.33 Å². The van der Waals surface area contributed by atoms with Gasteiger partial charge in [-0.3, -0.25) is 0 Å². The first-order valence-electron chi connectivity index (χ1n) is 4.49. The van der Waals surface area contributed by atoms with E-state index in [1.165, 1.54) is 11.1 Å². The minimum absolute atomic E-state index is 0.603. The maximum Gasteiger partial charge on any atom is 0.0283 e. The monoisotopic (exact) mass is 238 g/mol. The molecule has 0 radical (unpaired) electrons. The van der Waals surface area contributed by atoms with Crippen LogP contribution in [-0.4, -0.2) is 5.33 Å². The highest BCUT2D eigenvalue weighted by Gasteiger charge is 2.00. The van der Waals surface area contributed by atoms with Gasteiger partial charge in [-0.15, -0.1) is 0 Å². The maximum absolute atomic E-state index is 3.97. The Balaban J connectivity index is 2.87. The first kappa shape index (κ1) is 10.5. The predicted octanol–water partition coefficient (Wildman–Crippen LogP) is 4.22. The summed E-state index contributed by atoms with van der Waals surface area (Å²) in [6.07, 6.45) is 0. The average Bonchev–Trinajstić information content (AvgIpc) is 2.17. The van der Waals surface area contributed by atoms with Gasteiger partial charge >= 0.3 is 0 Å². The van der Waals surface area contributed by atoms with Crippen molar-refractivity contribution >= 4 is 21.5 Å². The lowest BCUT2D eigenvalue weighted by atomic mass is 10.00. The first-order chi connectivity index (χ1) is 6.15. The van der Waals surface area contributed by atoms with Crippen LogP contribution in [0, 0.1) is 0 Å². The highest BCUT2D eigenvalue weighted by molar-refractivity contribution is 9.09. The number of allylic oxidation sites excluding steroid dienone is 1. The van der Waals surface area contributed by atoms with Crippen LogP contribution in [0.3, 0.4) is 0 Å². The molecule has 13 heavy (non-hydrogen) atoms. The first-order valence-corrected chi connectivity index (χ1v) is 5.61. The molecule has 0 N–H and O–H groups in total. The summed E-state index contributed by atoms with van der Waals surface area (Å²) in [6.45, 7) is 8.38. The molecule has 0 saturated heterocycles. The Morgan fingerprint density at radius 1 is 1.31 bits per heavy atom.